The second kappa shape index (κ2) is 1.65. The smallest absolute Gasteiger partial charge is 0.0144 e. The Hall–Kier alpha value is -0.180. The molecule has 40 valence electrons. The molecule has 0 aliphatic carbocycles. The third-order valence-corrected chi connectivity index (χ3v) is 3.96. The van der Waals surface area contributed by atoms with Crippen molar-refractivity contribution in [2.75, 3.05) is 0 Å². The van der Waals surface area contributed by atoms with Crippen LogP contribution in [0.3, 0.4) is 0 Å². The van der Waals surface area contributed by atoms with Crippen molar-refractivity contribution in [3.05, 3.63) is 23.7 Å². The lowest BCUT2D eigenvalue weighted by molar-refractivity contribution is 2.11. The Bertz CT molecular complexity index is 228. The van der Waals surface area contributed by atoms with Crippen molar-refractivity contribution in [3.8, 4) is 0 Å². The zero-order chi connectivity index (χ0) is 5.40. The number of hydrogen-bond donors (Lipinski definition) is 0. The predicted molar refractivity (Wildman–Crippen MR) is 43.0 cm³/mol. The van der Waals surface area contributed by atoms with E-state index >= 15 is 0 Å². The molecular weight excluding hydrogens is 134 g/mol. The first-order valence-electron chi connectivity index (χ1n) is 2.57. The molecule has 2 aromatic rings. The molecule has 0 N–H and O–H groups in total. The maximum absolute atomic E-state index is 2.27. The molecule has 0 spiro atoms. The van der Waals surface area contributed by atoms with Gasteiger partial charge in [-0.25, -0.2) is 0 Å². The average molecular weight is 140 g/mol. The first-order valence-corrected chi connectivity index (χ1v) is 4.73. The SMILES string of the molecule is c1cc2cc[pH]c2[pH]1. The summed E-state index contributed by atoms with van der Waals surface area (Å²) >= 11 is 0. The topological polar surface area (TPSA) is 0 Å². The largest absolute Gasteiger partial charge is 0.128 e. The maximum Gasteiger partial charge on any atom is 0.0144 e. The van der Waals surface area contributed by atoms with Crippen LogP contribution in [0.5, 0.6) is 0 Å². The van der Waals surface area contributed by atoms with Crippen molar-refractivity contribution >= 4 is 26.6 Å². The van der Waals surface area contributed by atoms with Crippen LogP contribution in [0, 0.1) is 0 Å². The van der Waals surface area contributed by atoms with Crippen LogP contribution < -0.4 is 0 Å². The molecule has 0 saturated heterocycles. The summed E-state index contributed by atoms with van der Waals surface area (Å²) in [5, 5.41) is 1.49. The Labute approximate surface area is 51.1 Å². The molecule has 2 atom stereocenters. The van der Waals surface area contributed by atoms with Gasteiger partial charge in [-0.05, 0) is 29.1 Å². The zero-order valence-electron chi connectivity index (χ0n) is 4.31. The third-order valence-electron chi connectivity index (χ3n) is 1.27. The summed E-state index contributed by atoms with van der Waals surface area (Å²) in [4.78, 5) is 1.66. The van der Waals surface area contributed by atoms with Crippen molar-refractivity contribution in [3.63, 3.8) is 0 Å². The zero-order valence-corrected chi connectivity index (χ0v) is 6.31. The Balaban J connectivity index is 3.06. The molecule has 8 heavy (non-hydrogen) atoms. The van der Waals surface area contributed by atoms with Gasteiger partial charge >= 0.3 is 0 Å². The third kappa shape index (κ3) is 0.540. The normalized spacial score (nSPS) is 12.5. The molecule has 0 bridgehead atoms. The minimum absolute atomic E-state index is 0.992. The van der Waals surface area contributed by atoms with Crippen molar-refractivity contribution < 1.29 is 0 Å². The summed E-state index contributed by atoms with van der Waals surface area (Å²) in [6, 6.07) is 4.45. The second-order valence-corrected chi connectivity index (χ2v) is 4.53. The fourth-order valence-corrected chi connectivity index (χ4v) is 3.22. The van der Waals surface area contributed by atoms with Gasteiger partial charge in [0.1, 0.15) is 0 Å². The van der Waals surface area contributed by atoms with Gasteiger partial charge in [0.05, 0.1) is 0 Å². The van der Waals surface area contributed by atoms with E-state index in [4.69, 9.17) is 0 Å². The van der Waals surface area contributed by atoms with Gasteiger partial charge in [0, 0.05) is 4.85 Å². The summed E-state index contributed by atoms with van der Waals surface area (Å²) in [7, 11) is 1.98. The highest BCUT2D eigenvalue weighted by Crippen LogP contribution is 2.33. The summed E-state index contributed by atoms with van der Waals surface area (Å²) in [5.41, 5.74) is 0. The summed E-state index contributed by atoms with van der Waals surface area (Å²) < 4.78 is 0. The highest BCUT2D eigenvalue weighted by molar-refractivity contribution is 7.55. The monoisotopic (exact) mass is 140 g/mol. The molecule has 0 saturated carbocycles. The molecule has 2 heterocycles. The van der Waals surface area contributed by atoms with Crippen LogP contribution in [-0.2, 0) is 0 Å². The van der Waals surface area contributed by atoms with Crippen molar-refractivity contribution in [1.82, 2.24) is 0 Å². The van der Waals surface area contributed by atoms with E-state index < -0.39 is 0 Å². The first-order chi connectivity index (χ1) is 3.97. The van der Waals surface area contributed by atoms with E-state index in [1.165, 1.54) is 5.39 Å². The van der Waals surface area contributed by atoms with Crippen molar-refractivity contribution in [2.24, 2.45) is 0 Å². The fourth-order valence-electron chi connectivity index (χ4n) is 0.860. The molecule has 0 aliphatic rings. The Morgan fingerprint density at radius 2 is 1.62 bits per heavy atom. The quantitative estimate of drug-likeness (QED) is 0.527. The molecular formula is C6H6P2. The van der Waals surface area contributed by atoms with Crippen molar-refractivity contribution in [2.45, 2.75) is 0 Å². The average Bonchev–Trinajstić information content (AvgIpc) is 2.15. The molecule has 2 unspecified atom stereocenters. The Morgan fingerprint density at radius 1 is 1.00 bits per heavy atom. The minimum atomic E-state index is 0.992. The van der Waals surface area contributed by atoms with Gasteiger partial charge in [0.15, 0.2) is 0 Å². The van der Waals surface area contributed by atoms with E-state index in [0.29, 0.717) is 0 Å². The van der Waals surface area contributed by atoms with Crippen LogP contribution in [0.1, 0.15) is 0 Å². The van der Waals surface area contributed by atoms with E-state index in [-0.39, 0.29) is 0 Å². The van der Waals surface area contributed by atoms with Gasteiger partial charge < -0.3 is 0 Å². The van der Waals surface area contributed by atoms with Gasteiger partial charge in [0.25, 0.3) is 0 Å². The van der Waals surface area contributed by atoms with Crippen LogP contribution in [-0.4, -0.2) is 0 Å². The van der Waals surface area contributed by atoms with Crippen LogP contribution in [0.15, 0.2) is 23.7 Å². The summed E-state index contributed by atoms with van der Waals surface area (Å²) in [6.45, 7) is 0. The predicted octanol–water partition coefficient (Wildman–Crippen LogP) is 2.90. The van der Waals surface area contributed by atoms with E-state index in [1.807, 2.05) is 0 Å². The Morgan fingerprint density at radius 3 is 2.12 bits per heavy atom. The van der Waals surface area contributed by atoms with E-state index in [2.05, 4.69) is 23.7 Å². The van der Waals surface area contributed by atoms with Gasteiger partial charge in [-0.3, -0.25) is 0 Å². The van der Waals surface area contributed by atoms with Crippen LogP contribution >= 0.6 is 16.4 Å². The van der Waals surface area contributed by atoms with E-state index in [0.717, 1.165) is 16.4 Å². The molecule has 2 heteroatoms. The van der Waals surface area contributed by atoms with E-state index in [1.54, 1.807) is 4.85 Å². The van der Waals surface area contributed by atoms with Crippen LogP contribution in [0.25, 0.3) is 10.2 Å². The molecule has 0 aromatic carbocycles. The number of hydrogen-bond acceptors (Lipinski definition) is 0. The second-order valence-electron chi connectivity index (χ2n) is 1.79. The summed E-state index contributed by atoms with van der Waals surface area (Å²) in [5.74, 6) is 4.53. The van der Waals surface area contributed by atoms with Crippen LogP contribution in [0.2, 0.25) is 0 Å². The molecule has 2 aromatic heterocycles. The van der Waals surface area contributed by atoms with Gasteiger partial charge in [-0.2, -0.15) is 0 Å². The Kier molecular flexibility index (Phi) is 0.966. The maximum atomic E-state index is 2.27. The summed E-state index contributed by atoms with van der Waals surface area (Å²) in [6.07, 6.45) is 0. The van der Waals surface area contributed by atoms with Gasteiger partial charge in [-0.15, -0.1) is 16.4 Å². The lowest BCUT2D eigenvalue weighted by atomic mass is 10.4. The molecule has 0 aliphatic heterocycles. The fraction of sp³-hybridized carbons (Fsp3) is 0. The highest BCUT2D eigenvalue weighted by Gasteiger charge is 1.88. The highest BCUT2D eigenvalue weighted by atomic mass is 31.1. The molecule has 2 rings (SSSR count). The van der Waals surface area contributed by atoms with Gasteiger partial charge in [-0.1, -0.05) is 0 Å². The van der Waals surface area contributed by atoms with Crippen molar-refractivity contribution in [1.29, 1.82) is 0 Å². The van der Waals surface area contributed by atoms with Crippen LogP contribution in [0.4, 0.5) is 0 Å². The molecule has 0 fully saturated rings. The molecule has 0 radical (unpaired) electrons. The lowest BCUT2D eigenvalue weighted by Crippen LogP contribution is -1.36. The minimum Gasteiger partial charge on any atom is -0.128 e. The number of rotatable bonds is 0. The van der Waals surface area contributed by atoms with E-state index in [9.17, 15) is 0 Å². The lowest BCUT2D eigenvalue weighted by Gasteiger charge is -1.66. The number of fused-ring (bicyclic) bond motifs is 1. The molecule has 0 amide bonds. The standard InChI is InChI=1S/C6H6P2/c1-3-7-6-5(1)2-4-8-6/h1-4,7-8H. The first kappa shape index (κ1) is 4.68. The van der Waals surface area contributed by atoms with Gasteiger partial charge in [0.2, 0.25) is 0 Å². The molecule has 0 nitrogen and oxygen atoms in total.